The molecule has 1 unspecified atom stereocenters. The van der Waals surface area contributed by atoms with Gasteiger partial charge in [0.1, 0.15) is 17.4 Å². The number of carbonyl (C=O) groups is 2. The van der Waals surface area contributed by atoms with E-state index >= 15 is 0 Å². The maximum Gasteiger partial charge on any atom is 0.228 e. The van der Waals surface area contributed by atoms with Gasteiger partial charge in [-0.05, 0) is 54.7 Å². The van der Waals surface area contributed by atoms with Crippen LogP contribution in [-0.4, -0.2) is 48.4 Å². The van der Waals surface area contributed by atoms with Gasteiger partial charge < -0.3 is 19.5 Å². The van der Waals surface area contributed by atoms with Crippen molar-refractivity contribution in [2.75, 3.05) is 31.6 Å². The Morgan fingerprint density at radius 3 is 2.64 bits per heavy atom. The molecule has 2 aliphatic heterocycles. The van der Waals surface area contributed by atoms with Gasteiger partial charge in [-0.3, -0.25) is 9.59 Å². The van der Waals surface area contributed by atoms with E-state index < -0.39 is 17.6 Å². The maximum absolute atomic E-state index is 14.2. The van der Waals surface area contributed by atoms with Crippen molar-refractivity contribution in [2.45, 2.75) is 25.2 Å². The third-order valence-corrected chi connectivity index (χ3v) is 6.84. The van der Waals surface area contributed by atoms with Crippen LogP contribution in [0, 0.1) is 17.6 Å². The lowest BCUT2D eigenvalue weighted by Gasteiger charge is -2.33. The van der Waals surface area contributed by atoms with Gasteiger partial charge in [0, 0.05) is 49.2 Å². The van der Waals surface area contributed by atoms with Gasteiger partial charge in [-0.2, -0.15) is 0 Å². The Kier molecular flexibility index (Phi) is 5.52. The van der Waals surface area contributed by atoms with E-state index in [1.165, 1.54) is 16.5 Å². The van der Waals surface area contributed by atoms with Gasteiger partial charge >= 0.3 is 0 Å². The summed E-state index contributed by atoms with van der Waals surface area (Å²) >= 11 is 0. The predicted octanol–water partition coefficient (Wildman–Crippen LogP) is 4.21. The number of nitrogens with one attached hydrogen (secondary N) is 1. The summed E-state index contributed by atoms with van der Waals surface area (Å²) in [6.07, 6.45) is 3.73. The van der Waals surface area contributed by atoms with Crippen LogP contribution in [0.3, 0.4) is 0 Å². The molecule has 3 heterocycles. The Balaban J connectivity index is 1.24. The highest BCUT2D eigenvalue weighted by Crippen LogP contribution is 2.36. The molecule has 6 nitrogen and oxygen atoms in total. The number of rotatable bonds is 4. The molecule has 3 aromatic rings. The summed E-state index contributed by atoms with van der Waals surface area (Å²) in [6.45, 7) is 1.33. The van der Waals surface area contributed by atoms with Gasteiger partial charge in [0.05, 0.1) is 18.7 Å². The lowest BCUT2D eigenvalue weighted by Crippen LogP contribution is -2.42. The number of benzene rings is 2. The minimum atomic E-state index is -0.798. The van der Waals surface area contributed by atoms with Crippen molar-refractivity contribution >= 4 is 28.4 Å². The number of anilines is 1. The number of aromatic amines is 1. The lowest BCUT2D eigenvalue weighted by atomic mass is 9.88. The quantitative estimate of drug-likeness (QED) is 0.644. The topological polar surface area (TPSA) is 65.6 Å². The Bertz CT molecular complexity index is 1220. The van der Waals surface area contributed by atoms with Crippen LogP contribution in [0.25, 0.3) is 10.9 Å². The third-order valence-electron chi connectivity index (χ3n) is 6.84. The summed E-state index contributed by atoms with van der Waals surface area (Å²) < 4.78 is 32.7. The van der Waals surface area contributed by atoms with E-state index in [-0.39, 0.29) is 30.5 Å². The van der Waals surface area contributed by atoms with E-state index in [0.29, 0.717) is 19.0 Å². The highest BCUT2D eigenvalue weighted by molar-refractivity contribution is 6.00. The summed E-state index contributed by atoms with van der Waals surface area (Å²) in [5.41, 5.74) is 2.30. The number of ether oxygens (including phenoxy) is 1. The number of amides is 2. The molecule has 2 aromatic carbocycles. The Labute approximate surface area is 190 Å². The lowest BCUT2D eigenvalue weighted by molar-refractivity contribution is -0.136. The minimum Gasteiger partial charge on any atom is -0.497 e. The zero-order valence-electron chi connectivity index (χ0n) is 18.3. The van der Waals surface area contributed by atoms with Crippen LogP contribution < -0.4 is 9.64 Å². The molecule has 0 saturated carbocycles. The van der Waals surface area contributed by atoms with Crippen LogP contribution in [0.4, 0.5) is 14.5 Å². The number of hydrogen-bond donors (Lipinski definition) is 1. The summed E-state index contributed by atoms with van der Waals surface area (Å²) in [7, 11) is 1.65. The van der Waals surface area contributed by atoms with Crippen molar-refractivity contribution in [3.63, 3.8) is 0 Å². The fourth-order valence-corrected chi connectivity index (χ4v) is 5.06. The fraction of sp³-hybridized carbons (Fsp3) is 0.360. The third kappa shape index (κ3) is 3.94. The smallest absolute Gasteiger partial charge is 0.228 e. The average Bonchev–Trinajstić information content (AvgIpc) is 3.42. The number of H-pyrrole nitrogens is 1. The van der Waals surface area contributed by atoms with Crippen LogP contribution in [0.2, 0.25) is 0 Å². The summed E-state index contributed by atoms with van der Waals surface area (Å²) in [5, 5.41) is 1.14. The number of hydrogen-bond acceptors (Lipinski definition) is 3. The highest BCUT2D eigenvalue weighted by Gasteiger charge is 2.39. The molecule has 2 saturated heterocycles. The number of fused-ring (bicyclic) bond motifs is 1. The van der Waals surface area contributed by atoms with E-state index in [2.05, 4.69) is 4.98 Å². The second-order valence-corrected chi connectivity index (χ2v) is 8.76. The highest BCUT2D eigenvalue weighted by atomic mass is 19.1. The van der Waals surface area contributed by atoms with Crippen LogP contribution >= 0.6 is 0 Å². The number of nitrogens with zero attached hydrogens (tertiary/aromatic N) is 2. The fourth-order valence-electron chi connectivity index (χ4n) is 5.06. The number of piperidine rings is 1. The number of carbonyl (C=O) groups excluding carboxylic acids is 2. The first kappa shape index (κ1) is 21.4. The van der Waals surface area contributed by atoms with Gasteiger partial charge in [0.2, 0.25) is 11.8 Å². The van der Waals surface area contributed by atoms with Crippen molar-refractivity contribution in [3.8, 4) is 5.75 Å². The van der Waals surface area contributed by atoms with E-state index in [4.69, 9.17) is 4.74 Å². The average molecular weight is 453 g/mol. The molecule has 1 N–H and O–H groups in total. The van der Waals surface area contributed by atoms with Crippen LogP contribution in [0.5, 0.6) is 5.75 Å². The molecule has 2 amide bonds. The molecule has 2 aliphatic rings. The molecular weight excluding hydrogens is 428 g/mol. The second-order valence-electron chi connectivity index (χ2n) is 8.76. The van der Waals surface area contributed by atoms with E-state index in [9.17, 15) is 18.4 Å². The van der Waals surface area contributed by atoms with Gasteiger partial charge in [0.25, 0.3) is 0 Å². The normalized spacial score (nSPS) is 19.5. The molecule has 0 bridgehead atoms. The van der Waals surface area contributed by atoms with Crippen LogP contribution in [0.1, 0.15) is 30.7 Å². The van der Waals surface area contributed by atoms with Crippen molar-refractivity contribution in [1.82, 2.24) is 9.88 Å². The van der Waals surface area contributed by atoms with E-state index in [1.807, 2.05) is 29.3 Å². The molecule has 0 aliphatic carbocycles. The predicted molar refractivity (Wildman–Crippen MR) is 120 cm³/mol. The summed E-state index contributed by atoms with van der Waals surface area (Å²) in [4.78, 5) is 32.0. The van der Waals surface area contributed by atoms with Crippen molar-refractivity contribution in [3.05, 3.63) is 59.8 Å². The molecule has 0 radical (unpaired) electrons. The summed E-state index contributed by atoms with van der Waals surface area (Å²) in [5.74, 6) is -1.28. The maximum atomic E-state index is 14.2. The Morgan fingerprint density at radius 2 is 1.91 bits per heavy atom. The van der Waals surface area contributed by atoms with Crippen LogP contribution in [0.15, 0.2) is 42.6 Å². The second kappa shape index (κ2) is 8.50. The number of aromatic nitrogens is 1. The van der Waals surface area contributed by atoms with Gasteiger partial charge in [0.15, 0.2) is 0 Å². The Morgan fingerprint density at radius 1 is 1.12 bits per heavy atom. The molecule has 1 aromatic heterocycles. The molecule has 172 valence electrons. The molecular formula is C25H25F2N3O3. The van der Waals surface area contributed by atoms with Gasteiger partial charge in [-0.15, -0.1) is 0 Å². The zero-order valence-corrected chi connectivity index (χ0v) is 18.3. The zero-order chi connectivity index (χ0) is 23.1. The van der Waals surface area contributed by atoms with Crippen molar-refractivity contribution < 1.29 is 23.1 Å². The number of likely N-dealkylation sites (tertiary alicyclic amines) is 1. The van der Waals surface area contributed by atoms with Gasteiger partial charge in [-0.1, -0.05) is 0 Å². The Hall–Kier alpha value is -3.42. The minimum absolute atomic E-state index is 0.0187. The first-order valence-corrected chi connectivity index (χ1v) is 11.1. The first-order chi connectivity index (χ1) is 15.9. The molecule has 2 fully saturated rings. The molecule has 0 spiro atoms. The van der Waals surface area contributed by atoms with Gasteiger partial charge in [-0.25, -0.2) is 8.78 Å². The number of methoxy groups -OCH3 is 1. The molecule has 33 heavy (non-hydrogen) atoms. The first-order valence-electron chi connectivity index (χ1n) is 11.1. The standard InChI is InChI=1S/C25H25F2N3O3/c1-33-18-3-4-22-19(12-18)20(13-28-22)15-6-8-29(9-7-15)25(32)16-10-24(31)30(14-16)23-5-2-17(26)11-21(23)27/h2-5,11-13,15-16,28H,6-10,14H2,1H3. The molecule has 1 atom stereocenters. The number of halogens is 2. The molecule has 5 rings (SSSR count). The van der Waals surface area contributed by atoms with Crippen molar-refractivity contribution in [2.24, 2.45) is 5.92 Å². The largest absolute Gasteiger partial charge is 0.497 e. The van der Waals surface area contributed by atoms with Crippen molar-refractivity contribution in [1.29, 1.82) is 0 Å². The monoisotopic (exact) mass is 453 g/mol. The summed E-state index contributed by atoms with van der Waals surface area (Å²) in [6, 6.07) is 9.08. The van der Waals surface area contributed by atoms with E-state index in [1.54, 1.807) is 7.11 Å². The van der Waals surface area contributed by atoms with E-state index in [0.717, 1.165) is 41.6 Å². The van der Waals surface area contributed by atoms with Crippen LogP contribution in [-0.2, 0) is 9.59 Å². The SMILES string of the molecule is COc1ccc2[nH]cc(C3CCN(C(=O)C4CC(=O)N(c5ccc(F)cc5F)C4)CC3)c2c1. The molecule has 8 heteroatoms.